The molecule has 0 radical (unpaired) electrons. The van der Waals surface area contributed by atoms with Crippen molar-refractivity contribution in [1.82, 2.24) is 9.78 Å². The van der Waals surface area contributed by atoms with E-state index < -0.39 is 10.9 Å². The summed E-state index contributed by atoms with van der Waals surface area (Å²) in [5.41, 5.74) is 0.590. The highest BCUT2D eigenvalue weighted by Crippen LogP contribution is 2.27. The van der Waals surface area contributed by atoms with E-state index >= 15 is 0 Å². The lowest BCUT2D eigenvalue weighted by Crippen LogP contribution is -2.04. The average molecular weight is 344 g/mol. The van der Waals surface area contributed by atoms with E-state index in [4.69, 9.17) is 4.42 Å². The van der Waals surface area contributed by atoms with Crippen LogP contribution in [0.2, 0.25) is 0 Å². The van der Waals surface area contributed by atoms with Crippen molar-refractivity contribution in [2.45, 2.75) is 13.5 Å². The van der Waals surface area contributed by atoms with Gasteiger partial charge < -0.3 is 19.3 Å². The van der Waals surface area contributed by atoms with E-state index in [1.807, 2.05) is 0 Å². The van der Waals surface area contributed by atoms with Crippen LogP contribution < -0.4 is 0 Å². The molecule has 0 unspecified atom stereocenters. The predicted molar refractivity (Wildman–Crippen MR) is 70.5 cm³/mol. The smallest absolute Gasteiger partial charge is 0.404 e. The van der Waals surface area contributed by atoms with Crippen LogP contribution in [-0.2, 0) is 11.3 Å². The molecule has 0 N–H and O–H groups in total. The number of hydrogen-bond donors (Lipinski definition) is 0. The Bertz CT molecular complexity index is 676. The predicted octanol–water partition coefficient (Wildman–Crippen LogP) is 2.29. The monoisotopic (exact) mass is 343 g/mol. The van der Waals surface area contributed by atoms with Crippen LogP contribution in [0.15, 0.2) is 21.0 Å². The summed E-state index contributed by atoms with van der Waals surface area (Å²) >= 11 is 3.12. The van der Waals surface area contributed by atoms with Gasteiger partial charge in [-0.05, 0) is 39.9 Å². The molecule has 2 aromatic heterocycles. The van der Waals surface area contributed by atoms with Crippen molar-refractivity contribution >= 4 is 27.7 Å². The first-order chi connectivity index (χ1) is 9.43. The topological polar surface area (TPSA) is 100 Å². The number of rotatable bonds is 4. The van der Waals surface area contributed by atoms with Gasteiger partial charge in [0.2, 0.25) is 5.76 Å². The minimum Gasteiger partial charge on any atom is -0.463 e. The molecule has 0 aliphatic carbocycles. The van der Waals surface area contributed by atoms with Gasteiger partial charge in [0.15, 0.2) is 0 Å². The van der Waals surface area contributed by atoms with E-state index in [-0.39, 0.29) is 18.1 Å². The Hall–Kier alpha value is -2.16. The van der Waals surface area contributed by atoms with E-state index in [0.29, 0.717) is 15.9 Å². The van der Waals surface area contributed by atoms with Gasteiger partial charge in [-0.3, -0.25) is 0 Å². The second kappa shape index (κ2) is 5.45. The van der Waals surface area contributed by atoms with Crippen molar-refractivity contribution in [2.24, 2.45) is 0 Å². The summed E-state index contributed by atoms with van der Waals surface area (Å²) < 4.78 is 11.6. The molecule has 0 amide bonds. The van der Waals surface area contributed by atoms with Gasteiger partial charge in [-0.25, -0.2) is 4.79 Å². The fourth-order valence-corrected chi connectivity index (χ4v) is 2.03. The fraction of sp³-hybridized carbons (Fsp3) is 0.273. The number of esters is 1. The van der Waals surface area contributed by atoms with Crippen molar-refractivity contribution in [3.8, 4) is 0 Å². The SMILES string of the molecule is COC(=O)c1ccc(Cn2nc([N+](=O)[O-])c(Br)c2C)o1. The largest absolute Gasteiger partial charge is 0.463 e. The normalized spacial score (nSPS) is 10.6. The first-order valence-electron chi connectivity index (χ1n) is 5.48. The third kappa shape index (κ3) is 2.57. The summed E-state index contributed by atoms with van der Waals surface area (Å²) in [7, 11) is 1.25. The molecule has 2 rings (SSSR count). The highest BCUT2D eigenvalue weighted by atomic mass is 79.9. The second-order valence-corrected chi connectivity index (χ2v) is 4.69. The fourth-order valence-electron chi connectivity index (χ4n) is 1.60. The van der Waals surface area contributed by atoms with Gasteiger partial charge in [0.05, 0.1) is 17.9 Å². The molecule has 0 bridgehead atoms. The highest BCUT2D eigenvalue weighted by molar-refractivity contribution is 9.10. The lowest BCUT2D eigenvalue weighted by molar-refractivity contribution is -0.390. The number of hydrogen-bond acceptors (Lipinski definition) is 6. The molecule has 0 saturated heterocycles. The first kappa shape index (κ1) is 14.3. The second-order valence-electron chi connectivity index (χ2n) is 3.90. The molecule has 0 aliphatic rings. The van der Waals surface area contributed by atoms with Gasteiger partial charge in [-0.1, -0.05) is 0 Å². The lowest BCUT2D eigenvalue weighted by Gasteiger charge is -1.97. The number of nitro groups is 1. The van der Waals surface area contributed by atoms with Crippen molar-refractivity contribution in [3.05, 3.63) is 43.9 Å². The number of carbonyl (C=O) groups excluding carboxylic acids is 1. The van der Waals surface area contributed by atoms with Crippen LogP contribution in [0, 0.1) is 17.0 Å². The summed E-state index contributed by atoms with van der Waals surface area (Å²) in [6, 6.07) is 3.07. The van der Waals surface area contributed by atoms with Gasteiger partial charge in [0.1, 0.15) is 16.8 Å². The molecule has 0 saturated carbocycles. The van der Waals surface area contributed by atoms with Gasteiger partial charge >= 0.3 is 11.8 Å². The van der Waals surface area contributed by atoms with Crippen molar-refractivity contribution in [2.75, 3.05) is 7.11 Å². The van der Waals surface area contributed by atoms with Crippen LogP contribution in [0.5, 0.6) is 0 Å². The number of furan rings is 1. The number of carbonyl (C=O) groups is 1. The van der Waals surface area contributed by atoms with E-state index in [9.17, 15) is 14.9 Å². The molecule has 20 heavy (non-hydrogen) atoms. The van der Waals surface area contributed by atoms with E-state index in [1.54, 1.807) is 13.0 Å². The minimum absolute atomic E-state index is 0.0703. The number of ether oxygens (including phenoxy) is 1. The summed E-state index contributed by atoms with van der Waals surface area (Å²) in [4.78, 5) is 21.5. The maximum atomic E-state index is 11.3. The summed E-state index contributed by atoms with van der Waals surface area (Å²) in [5.74, 6) is -0.331. The van der Waals surface area contributed by atoms with Crippen molar-refractivity contribution < 1.29 is 18.9 Å². The van der Waals surface area contributed by atoms with Crippen LogP contribution in [-0.4, -0.2) is 27.8 Å². The van der Waals surface area contributed by atoms with E-state index in [1.165, 1.54) is 17.9 Å². The third-order valence-corrected chi connectivity index (χ3v) is 3.57. The lowest BCUT2D eigenvalue weighted by atomic mass is 10.4. The zero-order chi connectivity index (χ0) is 14.9. The molecule has 8 nitrogen and oxygen atoms in total. The summed E-state index contributed by atoms with van der Waals surface area (Å²) in [6.07, 6.45) is 0. The Balaban J connectivity index is 2.26. The minimum atomic E-state index is -0.583. The maximum absolute atomic E-state index is 11.3. The number of nitrogens with zero attached hydrogens (tertiary/aromatic N) is 3. The first-order valence-corrected chi connectivity index (χ1v) is 6.27. The van der Waals surface area contributed by atoms with E-state index in [2.05, 4.69) is 25.8 Å². The Labute approximate surface area is 121 Å². The van der Waals surface area contributed by atoms with Gasteiger partial charge in [-0.15, -0.1) is 0 Å². The molecule has 0 fully saturated rings. The zero-order valence-corrected chi connectivity index (χ0v) is 12.2. The Morgan fingerprint density at radius 2 is 2.30 bits per heavy atom. The molecular weight excluding hydrogens is 334 g/mol. The molecule has 2 aromatic rings. The summed E-state index contributed by atoms with van der Waals surface area (Å²) in [6.45, 7) is 1.86. The molecule has 2 heterocycles. The number of halogens is 1. The Morgan fingerprint density at radius 1 is 1.60 bits per heavy atom. The standard InChI is InChI=1S/C11H10BrN3O5/c1-6-9(12)10(15(17)18)13-14(6)5-7-3-4-8(20-7)11(16)19-2/h3-4H,5H2,1-2H3. The number of methoxy groups -OCH3 is 1. The van der Waals surface area contributed by atoms with Crippen LogP contribution in [0.25, 0.3) is 0 Å². The van der Waals surface area contributed by atoms with Crippen LogP contribution in [0.3, 0.4) is 0 Å². The molecule has 0 aromatic carbocycles. The maximum Gasteiger partial charge on any atom is 0.404 e. The van der Waals surface area contributed by atoms with Crippen LogP contribution >= 0.6 is 15.9 Å². The zero-order valence-electron chi connectivity index (χ0n) is 10.6. The molecule has 0 atom stereocenters. The molecule has 9 heteroatoms. The average Bonchev–Trinajstić information content (AvgIpc) is 2.98. The molecule has 106 valence electrons. The Morgan fingerprint density at radius 3 is 2.85 bits per heavy atom. The van der Waals surface area contributed by atoms with Crippen molar-refractivity contribution in [1.29, 1.82) is 0 Å². The van der Waals surface area contributed by atoms with E-state index in [0.717, 1.165) is 0 Å². The van der Waals surface area contributed by atoms with Gasteiger partial charge in [0, 0.05) is 0 Å². The third-order valence-electron chi connectivity index (χ3n) is 2.64. The van der Waals surface area contributed by atoms with Gasteiger partial charge in [-0.2, -0.15) is 4.68 Å². The molecule has 0 spiro atoms. The van der Waals surface area contributed by atoms with Crippen LogP contribution in [0.1, 0.15) is 22.0 Å². The quantitative estimate of drug-likeness (QED) is 0.479. The number of aromatic nitrogens is 2. The molecule has 0 aliphatic heterocycles. The van der Waals surface area contributed by atoms with Gasteiger partial charge in [0.25, 0.3) is 0 Å². The molecular formula is C11H10BrN3O5. The van der Waals surface area contributed by atoms with Crippen molar-refractivity contribution in [3.63, 3.8) is 0 Å². The summed E-state index contributed by atoms with van der Waals surface area (Å²) in [5, 5.41) is 14.7. The van der Waals surface area contributed by atoms with Crippen LogP contribution in [0.4, 0.5) is 5.82 Å². The highest BCUT2D eigenvalue weighted by Gasteiger charge is 2.24. The Kier molecular flexibility index (Phi) is 3.89.